The lowest BCUT2D eigenvalue weighted by Gasteiger charge is -2.36. The number of piperidine rings is 1. The Bertz CT molecular complexity index is 1220. The molecule has 0 radical (unpaired) electrons. The summed E-state index contributed by atoms with van der Waals surface area (Å²) in [6.07, 6.45) is 1.67. The molecule has 8 nitrogen and oxygen atoms in total. The molecule has 1 aromatic carbocycles. The molecule has 2 aromatic heterocycles. The van der Waals surface area contributed by atoms with E-state index in [-0.39, 0.29) is 29.8 Å². The van der Waals surface area contributed by atoms with Crippen LogP contribution in [0, 0.1) is 0 Å². The van der Waals surface area contributed by atoms with E-state index in [9.17, 15) is 14.4 Å². The molecule has 1 aliphatic rings. The lowest BCUT2D eigenvalue weighted by atomic mass is 9.96. The molecular weight excluding hydrogens is 520 g/mol. The quantitative estimate of drug-likeness (QED) is 0.427. The summed E-state index contributed by atoms with van der Waals surface area (Å²) >= 11 is 9.12. The number of thiazole rings is 1. The molecule has 4 rings (SSSR count). The third-order valence-corrected chi connectivity index (χ3v) is 7.91. The Morgan fingerprint density at radius 1 is 1.14 bits per heavy atom. The zero-order valence-corrected chi connectivity index (χ0v) is 22.3. The van der Waals surface area contributed by atoms with Gasteiger partial charge in [0.15, 0.2) is 5.60 Å². The largest absolute Gasteiger partial charge is 0.476 e. The van der Waals surface area contributed by atoms with Gasteiger partial charge in [0.2, 0.25) is 5.91 Å². The van der Waals surface area contributed by atoms with Gasteiger partial charge in [-0.25, -0.2) is 4.98 Å². The summed E-state index contributed by atoms with van der Waals surface area (Å²) in [6, 6.07) is 8.96. The van der Waals surface area contributed by atoms with Crippen LogP contribution in [-0.4, -0.2) is 46.3 Å². The monoisotopic (exact) mass is 546 g/mol. The Hall–Kier alpha value is -2.95. The summed E-state index contributed by atoms with van der Waals surface area (Å²) in [6.45, 7) is 4.63. The van der Waals surface area contributed by atoms with Gasteiger partial charge in [0.1, 0.15) is 11.4 Å². The van der Waals surface area contributed by atoms with Crippen molar-refractivity contribution >= 4 is 52.0 Å². The van der Waals surface area contributed by atoms with Gasteiger partial charge in [-0.1, -0.05) is 23.7 Å². The van der Waals surface area contributed by atoms with Crippen LogP contribution in [0.3, 0.4) is 0 Å². The lowest BCUT2D eigenvalue weighted by Crippen LogP contribution is -2.51. The molecule has 0 spiro atoms. The highest BCUT2D eigenvalue weighted by Crippen LogP contribution is 2.33. The molecule has 11 heteroatoms. The molecule has 0 unspecified atom stereocenters. The van der Waals surface area contributed by atoms with Crippen LogP contribution in [0.25, 0.3) is 0 Å². The van der Waals surface area contributed by atoms with Crippen molar-refractivity contribution < 1.29 is 19.1 Å². The summed E-state index contributed by atoms with van der Waals surface area (Å²) in [5.74, 6) is -0.221. The smallest absolute Gasteiger partial charge is 0.289 e. The average Bonchev–Trinajstić information content (AvgIpc) is 3.56. The molecule has 1 aliphatic heterocycles. The molecule has 0 bridgehead atoms. The minimum Gasteiger partial charge on any atom is -0.476 e. The number of benzene rings is 1. The number of aromatic nitrogens is 1. The molecule has 2 N–H and O–H groups in total. The van der Waals surface area contributed by atoms with E-state index >= 15 is 0 Å². The van der Waals surface area contributed by atoms with Crippen LogP contribution >= 0.6 is 34.3 Å². The average molecular weight is 547 g/mol. The number of hydrogen-bond donors (Lipinski definition) is 2. The molecule has 1 saturated heterocycles. The van der Waals surface area contributed by atoms with Gasteiger partial charge in [0.05, 0.1) is 16.5 Å². The van der Waals surface area contributed by atoms with E-state index in [0.717, 1.165) is 23.4 Å². The number of carbonyl (C=O) groups excluding carboxylic acids is 3. The molecule has 190 valence electrons. The van der Waals surface area contributed by atoms with E-state index in [2.05, 4.69) is 15.8 Å². The predicted octanol–water partition coefficient (Wildman–Crippen LogP) is 4.43. The van der Waals surface area contributed by atoms with Crippen molar-refractivity contribution in [2.45, 2.75) is 44.6 Å². The zero-order valence-electron chi connectivity index (χ0n) is 20.0. The number of amides is 3. The van der Waals surface area contributed by atoms with Gasteiger partial charge in [-0.05, 0) is 61.2 Å². The maximum Gasteiger partial charge on any atom is 0.289 e. The van der Waals surface area contributed by atoms with Crippen LogP contribution in [-0.2, 0) is 16.0 Å². The van der Waals surface area contributed by atoms with E-state index in [0.29, 0.717) is 23.9 Å². The molecule has 0 saturated carbocycles. The third-order valence-electron chi connectivity index (χ3n) is 5.86. The van der Waals surface area contributed by atoms with Crippen molar-refractivity contribution in [3.8, 4) is 5.75 Å². The van der Waals surface area contributed by atoms with Crippen molar-refractivity contribution in [2.75, 3.05) is 13.1 Å². The fraction of sp³-hybridized carbons (Fsp3) is 0.360. The summed E-state index contributed by atoms with van der Waals surface area (Å²) in [4.78, 5) is 43.9. The van der Waals surface area contributed by atoms with E-state index in [1.807, 2.05) is 29.0 Å². The van der Waals surface area contributed by atoms with Gasteiger partial charge >= 0.3 is 0 Å². The highest BCUT2D eigenvalue weighted by molar-refractivity contribution is 7.10. The number of thiophene rings is 1. The number of hydrazine groups is 1. The number of halogens is 1. The Balaban J connectivity index is 1.27. The number of likely N-dealkylation sites (tertiary alicyclic amines) is 1. The Morgan fingerprint density at radius 3 is 2.58 bits per heavy atom. The minimum absolute atomic E-state index is 0.0988. The second-order valence-electron chi connectivity index (χ2n) is 8.99. The normalized spacial score (nSPS) is 14.4. The molecule has 1 fully saturated rings. The van der Waals surface area contributed by atoms with E-state index in [4.69, 9.17) is 16.3 Å². The highest BCUT2D eigenvalue weighted by Gasteiger charge is 2.37. The van der Waals surface area contributed by atoms with E-state index in [1.165, 1.54) is 22.7 Å². The van der Waals surface area contributed by atoms with Crippen molar-refractivity contribution in [3.05, 3.63) is 67.8 Å². The minimum atomic E-state index is -1.06. The Morgan fingerprint density at radius 2 is 1.89 bits per heavy atom. The highest BCUT2D eigenvalue weighted by atomic mass is 35.5. The molecular formula is C25H27ClN4O4S2. The first-order chi connectivity index (χ1) is 17.2. The molecule has 36 heavy (non-hydrogen) atoms. The summed E-state index contributed by atoms with van der Waals surface area (Å²) in [5, 5.41) is 6.78. The lowest BCUT2D eigenvalue weighted by molar-refractivity contribution is -0.146. The van der Waals surface area contributed by atoms with Crippen LogP contribution in [0.4, 0.5) is 0 Å². The fourth-order valence-electron chi connectivity index (χ4n) is 3.95. The van der Waals surface area contributed by atoms with Gasteiger partial charge < -0.3 is 9.64 Å². The van der Waals surface area contributed by atoms with Gasteiger partial charge in [-0.15, -0.1) is 11.3 Å². The number of nitrogens with zero attached hydrogens (tertiary/aromatic N) is 2. The van der Waals surface area contributed by atoms with Crippen LogP contribution in [0.5, 0.6) is 5.75 Å². The van der Waals surface area contributed by atoms with Crippen molar-refractivity contribution in [1.29, 1.82) is 0 Å². The topological polar surface area (TPSA) is 101 Å². The molecule has 0 atom stereocenters. The third kappa shape index (κ3) is 6.43. The number of rotatable bonds is 7. The second-order valence-corrected chi connectivity index (χ2v) is 11.1. The summed E-state index contributed by atoms with van der Waals surface area (Å²) in [5.41, 5.74) is 4.95. The maximum atomic E-state index is 13.2. The van der Waals surface area contributed by atoms with Crippen molar-refractivity contribution in [3.63, 3.8) is 0 Å². The SMILES string of the molecule is CC(C)(Oc1ccccc1Cl)C(=O)N1CCC(c2nc(C(=O)NNC(=O)Cc3ccsc3)cs2)CC1. The van der Waals surface area contributed by atoms with Crippen LogP contribution < -0.4 is 15.6 Å². The number of ether oxygens (including phenoxy) is 1. The van der Waals surface area contributed by atoms with Gasteiger partial charge in [-0.2, -0.15) is 11.3 Å². The molecule has 3 aromatic rings. The first kappa shape index (κ1) is 26.1. The van der Waals surface area contributed by atoms with Gasteiger partial charge in [0.25, 0.3) is 11.8 Å². The first-order valence-corrected chi connectivity index (χ1v) is 13.7. The number of hydrogen-bond acceptors (Lipinski definition) is 7. The second kappa shape index (κ2) is 11.4. The first-order valence-electron chi connectivity index (χ1n) is 11.5. The standard InChI is InChI=1S/C25H27ClN4O4S2/c1-25(2,34-20-6-4-3-5-18(20)26)24(33)30-10-7-17(8-11-30)23-27-19(15-36-23)22(32)29-28-21(31)13-16-9-12-35-14-16/h3-6,9,12,14-15,17H,7-8,10-11,13H2,1-2H3,(H,28,31)(H,29,32). The van der Waals surface area contributed by atoms with Crippen molar-refractivity contribution in [2.24, 2.45) is 0 Å². The number of nitrogens with one attached hydrogen (secondary N) is 2. The zero-order chi connectivity index (χ0) is 25.7. The fourth-order valence-corrected chi connectivity index (χ4v) is 5.76. The number of para-hydroxylation sites is 1. The summed E-state index contributed by atoms with van der Waals surface area (Å²) < 4.78 is 5.95. The molecule has 3 amide bonds. The summed E-state index contributed by atoms with van der Waals surface area (Å²) in [7, 11) is 0. The maximum absolute atomic E-state index is 13.2. The van der Waals surface area contributed by atoms with Gasteiger partial charge in [0, 0.05) is 24.4 Å². The Kier molecular flexibility index (Phi) is 8.28. The molecule has 3 heterocycles. The van der Waals surface area contributed by atoms with Crippen molar-refractivity contribution in [1.82, 2.24) is 20.7 Å². The predicted molar refractivity (Wildman–Crippen MR) is 140 cm³/mol. The van der Waals surface area contributed by atoms with Crippen LogP contribution in [0.15, 0.2) is 46.5 Å². The van der Waals surface area contributed by atoms with Crippen LogP contribution in [0.1, 0.15) is 53.7 Å². The number of carbonyl (C=O) groups is 3. The molecule has 0 aliphatic carbocycles. The van der Waals surface area contributed by atoms with E-state index in [1.54, 1.807) is 36.3 Å². The van der Waals surface area contributed by atoms with E-state index < -0.39 is 11.5 Å². The van der Waals surface area contributed by atoms with Crippen LogP contribution in [0.2, 0.25) is 5.02 Å². The van der Waals surface area contributed by atoms with Gasteiger partial charge in [-0.3, -0.25) is 25.2 Å². The Labute approximate surface area is 222 Å².